The SMILES string of the molecule is Cc1nn(C)c2nccc(NC(CCC(=O)O)Cc3ccccc3)c12. The van der Waals surface area contributed by atoms with E-state index in [4.69, 9.17) is 5.11 Å². The van der Waals surface area contributed by atoms with Gasteiger partial charge in [0.15, 0.2) is 5.65 Å². The molecule has 1 atom stereocenters. The molecule has 2 aromatic heterocycles. The van der Waals surface area contributed by atoms with Crippen LogP contribution < -0.4 is 5.32 Å². The van der Waals surface area contributed by atoms with Gasteiger partial charge in [0.1, 0.15) is 0 Å². The van der Waals surface area contributed by atoms with Crippen LogP contribution in [0.3, 0.4) is 0 Å². The lowest BCUT2D eigenvalue weighted by Crippen LogP contribution is -2.23. The lowest BCUT2D eigenvalue weighted by Gasteiger charge is -2.20. The van der Waals surface area contributed by atoms with E-state index < -0.39 is 5.97 Å². The maximum absolute atomic E-state index is 11.0. The van der Waals surface area contributed by atoms with Crippen LogP contribution in [0.25, 0.3) is 11.0 Å². The third-order valence-corrected chi connectivity index (χ3v) is 4.29. The molecule has 6 nitrogen and oxygen atoms in total. The molecule has 25 heavy (non-hydrogen) atoms. The molecule has 0 saturated heterocycles. The number of aromatic nitrogens is 3. The van der Waals surface area contributed by atoms with Crippen LogP contribution in [0, 0.1) is 6.92 Å². The van der Waals surface area contributed by atoms with E-state index in [0.717, 1.165) is 28.8 Å². The van der Waals surface area contributed by atoms with Crippen molar-refractivity contribution in [1.29, 1.82) is 0 Å². The van der Waals surface area contributed by atoms with E-state index >= 15 is 0 Å². The Kier molecular flexibility index (Phi) is 4.97. The van der Waals surface area contributed by atoms with Gasteiger partial charge in [-0.05, 0) is 31.4 Å². The summed E-state index contributed by atoms with van der Waals surface area (Å²) in [6.45, 7) is 1.96. The number of benzene rings is 1. The fourth-order valence-electron chi connectivity index (χ4n) is 3.14. The van der Waals surface area contributed by atoms with E-state index in [1.165, 1.54) is 5.56 Å². The van der Waals surface area contributed by atoms with Crippen molar-refractivity contribution < 1.29 is 9.90 Å². The third-order valence-electron chi connectivity index (χ3n) is 4.29. The number of pyridine rings is 1. The Bertz CT molecular complexity index is 874. The molecule has 0 spiro atoms. The smallest absolute Gasteiger partial charge is 0.303 e. The largest absolute Gasteiger partial charge is 0.481 e. The van der Waals surface area contributed by atoms with Crippen LogP contribution in [-0.2, 0) is 18.3 Å². The van der Waals surface area contributed by atoms with Crippen molar-refractivity contribution in [1.82, 2.24) is 14.8 Å². The van der Waals surface area contributed by atoms with Crippen LogP contribution in [0.5, 0.6) is 0 Å². The standard InChI is InChI=1S/C19H22N4O2/c1-13-18-16(10-11-20-19(18)23(2)22-13)21-15(8-9-17(24)25)12-14-6-4-3-5-7-14/h3-7,10-11,15H,8-9,12H2,1-2H3,(H,20,21)(H,24,25). The first-order chi connectivity index (χ1) is 12.0. The zero-order chi connectivity index (χ0) is 17.8. The fourth-order valence-corrected chi connectivity index (χ4v) is 3.14. The van der Waals surface area contributed by atoms with Crippen molar-refractivity contribution in [3.05, 3.63) is 53.9 Å². The number of anilines is 1. The zero-order valence-corrected chi connectivity index (χ0v) is 14.4. The van der Waals surface area contributed by atoms with Gasteiger partial charge in [-0.1, -0.05) is 30.3 Å². The van der Waals surface area contributed by atoms with E-state index in [0.29, 0.717) is 6.42 Å². The highest BCUT2D eigenvalue weighted by Gasteiger charge is 2.16. The molecular formula is C19H22N4O2. The van der Waals surface area contributed by atoms with Gasteiger partial charge in [0.2, 0.25) is 0 Å². The van der Waals surface area contributed by atoms with Crippen LogP contribution in [0.2, 0.25) is 0 Å². The minimum absolute atomic E-state index is 0.0173. The highest BCUT2D eigenvalue weighted by Crippen LogP contribution is 2.26. The number of carbonyl (C=O) groups is 1. The Morgan fingerprint density at radius 3 is 2.76 bits per heavy atom. The molecule has 0 saturated carbocycles. The zero-order valence-electron chi connectivity index (χ0n) is 14.4. The van der Waals surface area contributed by atoms with E-state index in [1.807, 2.05) is 38.2 Å². The molecular weight excluding hydrogens is 316 g/mol. The molecule has 0 amide bonds. The fraction of sp³-hybridized carbons (Fsp3) is 0.316. The van der Waals surface area contributed by atoms with Gasteiger partial charge in [0, 0.05) is 31.4 Å². The molecule has 0 aliphatic heterocycles. The van der Waals surface area contributed by atoms with Gasteiger partial charge in [-0.2, -0.15) is 5.10 Å². The number of hydrogen-bond donors (Lipinski definition) is 2. The Hall–Kier alpha value is -2.89. The summed E-state index contributed by atoms with van der Waals surface area (Å²) in [5.41, 5.74) is 3.85. The number of fused-ring (bicyclic) bond motifs is 1. The van der Waals surface area contributed by atoms with Gasteiger partial charge in [-0.25, -0.2) is 4.98 Å². The summed E-state index contributed by atoms with van der Waals surface area (Å²) in [7, 11) is 1.87. The predicted molar refractivity (Wildman–Crippen MR) is 97.7 cm³/mol. The number of nitrogens with zero attached hydrogens (tertiary/aromatic N) is 3. The maximum Gasteiger partial charge on any atom is 0.303 e. The third kappa shape index (κ3) is 3.96. The minimum Gasteiger partial charge on any atom is -0.481 e. The lowest BCUT2D eigenvalue weighted by atomic mass is 10.0. The predicted octanol–water partition coefficient (Wildman–Crippen LogP) is 3.16. The van der Waals surface area contributed by atoms with Gasteiger partial charge < -0.3 is 10.4 Å². The van der Waals surface area contributed by atoms with Crippen LogP contribution >= 0.6 is 0 Å². The molecule has 0 aliphatic carbocycles. The first kappa shape index (κ1) is 17.0. The molecule has 0 fully saturated rings. The quantitative estimate of drug-likeness (QED) is 0.692. The first-order valence-corrected chi connectivity index (χ1v) is 8.35. The topological polar surface area (TPSA) is 80.0 Å². The minimum atomic E-state index is -0.780. The van der Waals surface area contributed by atoms with E-state index in [-0.39, 0.29) is 12.5 Å². The average Bonchev–Trinajstić information content (AvgIpc) is 2.89. The molecule has 130 valence electrons. The number of carboxylic acids is 1. The molecule has 0 aliphatic rings. The van der Waals surface area contributed by atoms with Crippen LogP contribution in [-0.4, -0.2) is 31.9 Å². The second kappa shape index (κ2) is 7.34. The lowest BCUT2D eigenvalue weighted by molar-refractivity contribution is -0.137. The van der Waals surface area contributed by atoms with Crippen molar-refractivity contribution in [2.45, 2.75) is 32.2 Å². The summed E-state index contributed by atoms with van der Waals surface area (Å²) in [6, 6.07) is 12.0. The molecule has 6 heteroatoms. The number of rotatable bonds is 7. The molecule has 1 aromatic carbocycles. The molecule has 3 aromatic rings. The van der Waals surface area contributed by atoms with Gasteiger partial charge in [-0.15, -0.1) is 0 Å². The number of nitrogens with one attached hydrogen (secondary N) is 1. The summed E-state index contributed by atoms with van der Waals surface area (Å²) < 4.78 is 1.76. The van der Waals surface area contributed by atoms with Crippen LogP contribution in [0.15, 0.2) is 42.6 Å². The Morgan fingerprint density at radius 2 is 2.04 bits per heavy atom. The van der Waals surface area contributed by atoms with Crippen molar-refractivity contribution in [3.63, 3.8) is 0 Å². The Labute approximate surface area is 146 Å². The Morgan fingerprint density at radius 1 is 1.28 bits per heavy atom. The van der Waals surface area contributed by atoms with Gasteiger partial charge >= 0.3 is 5.97 Å². The highest BCUT2D eigenvalue weighted by molar-refractivity contribution is 5.91. The van der Waals surface area contributed by atoms with Gasteiger partial charge in [-0.3, -0.25) is 9.48 Å². The molecule has 0 radical (unpaired) electrons. The molecule has 0 bridgehead atoms. The monoisotopic (exact) mass is 338 g/mol. The highest BCUT2D eigenvalue weighted by atomic mass is 16.4. The summed E-state index contributed by atoms with van der Waals surface area (Å²) >= 11 is 0. The number of aryl methyl sites for hydroxylation is 2. The average molecular weight is 338 g/mol. The van der Waals surface area contributed by atoms with Crippen LogP contribution in [0.4, 0.5) is 5.69 Å². The number of carboxylic acid groups (broad SMARTS) is 1. The molecule has 1 unspecified atom stereocenters. The summed E-state index contributed by atoms with van der Waals surface area (Å²) in [4.78, 5) is 15.4. The van der Waals surface area contributed by atoms with Crippen molar-refractivity contribution in [3.8, 4) is 0 Å². The van der Waals surface area contributed by atoms with E-state index in [1.54, 1.807) is 10.9 Å². The second-order valence-electron chi connectivity index (χ2n) is 6.23. The first-order valence-electron chi connectivity index (χ1n) is 8.35. The summed E-state index contributed by atoms with van der Waals surface area (Å²) in [5.74, 6) is -0.780. The van der Waals surface area contributed by atoms with Crippen molar-refractivity contribution in [2.75, 3.05) is 5.32 Å². The van der Waals surface area contributed by atoms with Gasteiger partial charge in [0.05, 0.1) is 11.1 Å². The number of hydrogen-bond acceptors (Lipinski definition) is 4. The second-order valence-corrected chi connectivity index (χ2v) is 6.23. The van der Waals surface area contributed by atoms with Crippen LogP contribution in [0.1, 0.15) is 24.1 Å². The van der Waals surface area contributed by atoms with E-state index in [9.17, 15) is 4.79 Å². The van der Waals surface area contributed by atoms with Crippen molar-refractivity contribution in [2.24, 2.45) is 7.05 Å². The summed E-state index contributed by atoms with van der Waals surface area (Å²) in [6.07, 6.45) is 3.19. The number of aliphatic carboxylic acids is 1. The van der Waals surface area contributed by atoms with Gasteiger partial charge in [0.25, 0.3) is 0 Å². The normalized spacial score (nSPS) is 12.2. The molecule has 2 heterocycles. The molecule has 3 rings (SSSR count). The van der Waals surface area contributed by atoms with Crippen molar-refractivity contribution >= 4 is 22.7 Å². The molecule has 2 N–H and O–H groups in total. The Balaban J connectivity index is 1.88. The maximum atomic E-state index is 11.0. The summed E-state index contributed by atoms with van der Waals surface area (Å²) in [5, 5.41) is 18.0. The van der Waals surface area contributed by atoms with E-state index in [2.05, 4.69) is 27.5 Å².